The average molecular weight is 742 g/mol. The molecule has 9 unspecified atom stereocenters. The van der Waals surface area contributed by atoms with Crippen LogP contribution in [0.2, 0.25) is 0 Å². The van der Waals surface area contributed by atoms with Gasteiger partial charge in [0.1, 0.15) is 5.84 Å². The van der Waals surface area contributed by atoms with Gasteiger partial charge in [-0.3, -0.25) is 4.99 Å². The van der Waals surface area contributed by atoms with Gasteiger partial charge in [0.05, 0.1) is 11.7 Å². The maximum absolute atomic E-state index is 5.72. The lowest BCUT2D eigenvalue weighted by Gasteiger charge is -2.40. The van der Waals surface area contributed by atoms with E-state index in [1.54, 1.807) is 11.3 Å². The lowest BCUT2D eigenvalue weighted by molar-refractivity contribution is 0.323. The molecule has 0 aromatic rings. The molecular weight excluding hydrogens is 679 g/mol. The highest BCUT2D eigenvalue weighted by Crippen LogP contribution is 2.42. The number of hydrogen-bond acceptors (Lipinski definition) is 3. The molecule has 56 heavy (non-hydrogen) atoms. The van der Waals surface area contributed by atoms with Crippen LogP contribution in [0.3, 0.4) is 0 Å². The third-order valence-corrected chi connectivity index (χ3v) is 14.3. The molecule has 3 heteroatoms. The summed E-state index contributed by atoms with van der Waals surface area (Å²) in [6.07, 6.45) is 67.4. The summed E-state index contributed by atoms with van der Waals surface area (Å²) < 4.78 is 0. The Bertz CT molecular complexity index is 1940. The minimum Gasteiger partial charge on any atom is -0.290 e. The third kappa shape index (κ3) is 8.73. The topological polar surface area (TPSA) is 37.1 Å². The summed E-state index contributed by atoms with van der Waals surface area (Å²) in [5.74, 6) is 4.98. The Morgan fingerprint density at radius 3 is 2.29 bits per heavy atom. The van der Waals surface area contributed by atoms with E-state index in [0.29, 0.717) is 47.5 Å². The van der Waals surface area contributed by atoms with Crippen molar-refractivity contribution >= 4 is 17.3 Å². The fourth-order valence-electron chi connectivity index (χ4n) is 11.0. The molecular formula is C53H63N3. The van der Waals surface area contributed by atoms with Gasteiger partial charge in [0.25, 0.3) is 0 Å². The van der Waals surface area contributed by atoms with Gasteiger partial charge in [-0.2, -0.15) is 0 Å². The molecule has 290 valence electrons. The molecule has 0 bridgehead atoms. The largest absolute Gasteiger partial charge is 0.290 e. The van der Waals surface area contributed by atoms with Crippen molar-refractivity contribution in [1.29, 1.82) is 0 Å². The van der Waals surface area contributed by atoms with Gasteiger partial charge in [-0.05, 0) is 126 Å². The van der Waals surface area contributed by atoms with Crippen LogP contribution in [0, 0.1) is 47.3 Å². The van der Waals surface area contributed by atoms with Crippen LogP contribution in [0.15, 0.2) is 159 Å². The number of amidine groups is 1. The Morgan fingerprint density at radius 2 is 1.50 bits per heavy atom. The maximum atomic E-state index is 5.72. The molecule has 3 nitrogen and oxygen atoms in total. The van der Waals surface area contributed by atoms with E-state index in [1.165, 1.54) is 74.6 Å². The Balaban J connectivity index is 0.971. The van der Waals surface area contributed by atoms with E-state index in [9.17, 15) is 0 Å². The second-order valence-electron chi connectivity index (χ2n) is 17.9. The molecule has 0 aromatic heterocycles. The van der Waals surface area contributed by atoms with Crippen molar-refractivity contribution in [3.05, 3.63) is 144 Å². The molecule has 7 aliphatic carbocycles. The highest BCUT2D eigenvalue weighted by Gasteiger charge is 2.38. The zero-order valence-corrected chi connectivity index (χ0v) is 33.6. The molecule has 2 aliphatic heterocycles. The highest BCUT2D eigenvalue weighted by atomic mass is 14.9. The Labute approximate surface area is 337 Å². The lowest BCUT2D eigenvalue weighted by atomic mass is 9.68. The Hall–Kier alpha value is -4.11. The molecule has 0 fully saturated rings. The molecule has 0 N–H and O–H groups in total. The molecule has 0 spiro atoms. The maximum Gasteiger partial charge on any atom is 0.136 e. The average Bonchev–Trinajstić information content (AvgIpc) is 3.28. The summed E-state index contributed by atoms with van der Waals surface area (Å²) in [6, 6.07) is 0.431. The van der Waals surface area contributed by atoms with Crippen molar-refractivity contribution in [2.45, 2.75) is 115 Å². The number of allylic oxidation sites excluding steroid dienone is 20. The fourth-order valence-corrected chi connectivity index (χ4v) is 11.0. The first kappa shape index (κ1) is 37.5. The van der Waals surface area contributed by atoms with Crippen molar-refractivity contribution < 1.29 is 0 Å². The van der Waals surface area contributed by atoms with Crippen LogP contribution in [-0.2, 0) is 0 Å². The predicted molar refractivity (Wildman–Crippen MR) is 238 cm³/mol. The van der Waals surface area contributed by atoms with Crippen LogP contribution in [-0.4, -0.2) is 23.3 Å². The smallest absolute Gasteiger partial charge is 0.136 e. The van der Waals surface area contributed by atoms with Crippen molar-refractivity contribution in [3.8, 4) is 0 Å². The molecule has 9 atom stereocenters. The van der Waals surface area contributed by atoms with Gasteiger partial charge < -0.3 is 0 Å². The quantitative estimate of drug-likeness (QED) is 0.222. The van der Waals surface area contributed by atoms with E-state index in [4.69, 9.17) is 15.0 Å². The molecule has 0 radical (unpaired) electrons. The van der Waals surface area contributed by atoms with E-state index < -0.39 is 0 Å². The summed E-state index contributed by atoms with van der Waals surface area (Å²) in [5, 5.41) is 0. The minimum absolute atomic E-state index is 0.204. The molecule has 9 aliphatic rings. The van der Waals surface area contributed by atoms with E-state index in [0.717, 1.165) is 62.9 Å². The van der Waals surface area contributed by atoms with Crippen molar-refractivity contribution in [1.82, 2.24) is 0 Å². The van der Waals surface area contributed by atoms with E-state index in [1.807, 2.05) is 0 Å². The SMILES string of the molecule is C1=CCCC(C2C=CC(C3=C/CC/C(C4CC=CC(C5CCC(C6C=CC=CC6)N=C5C5CC=CCC5)C4)=N/C(C4C=CC(C5C=CCCC5)=CC4)=N\3)=CC2)=C1. The lowest BCUT2D eigenvalue weighted by Crippen LogP contribution is -2.38. The normalized spacial score (nSPS) is 38.5. The Kier molecular flexibility index (Phi) is 12.0. The van der Waals surface area contributed by atoms with Gasteiger partial charge in [0.2, 0.25) is 0 Å². The number of hydrogen-bond donors (Lipinski definition) is 0. The fraction of sp³-hybridized carbons (Fsp3) is 0.491. The number of aliphatic imine (C=N–C) groups is 3. The van der Waals surface area contributed by atoms with Gasteiger partial charge in [-0.1, -0.05) is 127 Å². The van der Waals surface area contributed by atoms with Crippen molar-refractivity contribution in [2.75, 3.05) is 0 Å². The van der Waals surface area contributed by atoms with Crippen LogP contribution < -0.4 is 0 Å². The van der Waals surface area contributed by atoms with Gasteiger partial charge in [-0.15, -0.1) is 0 Å². The molecule has 0 aromatic carbocycles. The molecule has 0 amide bonds. The molecule has 2 heterocycles. The van der Waals surface area contributed by atoms with Crippen LogP contribution in [0.4, 0.5) is 0 Å². The summed E-state index contributed by atoms with van der Waals surface area (Å²) >= 11 is 0. The summed E-state index contributed by atoms with van der Waals surface area (Å²) in [4.78, 5) is 16.9. The van der Waals surface area contributed by atoms with Gasteiger partial charge in [0.15, 0.2) is 0 Å². The summed E-state index contributed by atoms with van der Waals surface area (Å²) in [6.45, 7) is 0. The van der Waals surface area contributed by atoms with Gasteiger partial charge in [-0.25, -0.2) is 9.98 Å². The molecule has 0 saturated heterocycles. The molecule has 9 rings (SSSR count). The summed E-state index contributed by atoms with van der Waals surface area (Å²) in [7, 11) is 0. The van der Waals surface area contributed by atoms with E-state index in [2.05, 4.69) is 122 Å². The monoisotopic (exact) mass is 742 g/mol. The van der Waals surface area contributed by atoms with Crippen molar-refractivity contribution in [2.24, 2.45) is 62.3 Å². The zero-order valence-electron chi connectivity index (χ0n) is 33.6. The second-order valence-corrected chi connectivity index (χ2v) is 17.9. The number of rotatable bonds is 8. The second kappa shape index (κ2) is 18.0. The first-order valence-electron chi connectivity index (χ1n) is 22.6. The van der Waals surface area contributed by atoms with Crippen LogP contribution >= 0.6 is 0 Å². The number of nitrogens with zero attached hydrogens (tertiary/aromatic N) is 3. The first-order valence-corrected chi connectivity index (χ1v) is 22.6. The highest BCUT2D eigenvalue weighted by molar-refractivity contribution is 6.02. The van der Waals surface area contributed by atoms with Crippen LogP contribution in [0.1, 0.15) is 109 Å². The van der Waals surface area contributed by atoms with Gasteiger partial charge >= 0.3 is 0 Å². The predicted octanol–water partition coefficient (Wildman–Crippen LogP) is 13.4. The Morgan fingerprint density at radius 1 is 0.554 bits per heavy atom. The van der Waals surface area contributed by atoms with E-state index in [-0.39, 0.29) is 5.92 Å². The summed E-state index contributed by atoms with van der Waals surface area (Å²) in [5.41, 5.74) is 8.37. The minimum atomic E-state index is 0.204. The van der Waals surface area contributed by atoms with Crippen molar-refractivity contribution in [3.63, 3.8) is 0 Å². The van der Waals surface area contributed by atoms with Gasteiger partial charge in [0, 0.05) is 52.8 Å². The molecule has 0 saturated carbocycles. The third-order valence-electron chi connectivity index (χ3n) is 14.3. The van der Waals surface area contributed by atoms with Crippen LogP contribution in [0.5, 0.6) is 0 Å². The first-order chi connectivity index (χ1) is 27.7. The standard InChI is InChI=1S/C53H63N3/c1-5-15-38(16-6-1)40-27-31-43(32-28-40)49-25-14-26-50(56-53(55-49)45-33-29-41(30-34-45)39-17-7-2-8-18-39)47-24-13-23-46(37-47)48-35-36-51(42-19-9-3-10-20-42)54-52(48)44-21-11-4-12-22-44/h1,3-5,7,9-11,13,15,17,19,23,25,27,29-33,39-40,42,44-48,51H,2,6,8,12,14,16,18,20-22,24,26,28,34-37H2/b49-25-,55-53-,56-50-. The van der Waals surface area contributed by atoms with Crippen LogP contribution in [0.25, 0.3) is 0 Å². The van der Waals surface area contributed by atoms with E-state index >= 15 is 0 Å². The zero-order chi connectivity index (χ0) is 37.5.